The quantitative estimate of drug-likeness (QED) is 0.579. The minimum absolute atomic E-state index is 0.154. The number of nitrogens with one attached hydrogen (secondary N) is 2. The van der Waals surface area contributed by atoms with Gasteiger partial charge in [-0.25, -0.2) is 17.6 Å². The molecule has 1 aromatic heterocycles. The Kier molecular flexibility index (Phi) is 5.79. The average molecular weight is 446 g/mol. The smallest absolute Gasteiger partial charge is 0.351 e. The molecule has 4 nitrogen and oxygen atoms in total. The fourth-order valence-corrected chi connectivity index (χ4v) is 3.18. The minimum atomic E-state index is -5.30. The van der Waals surface area contributed by atoms with Gasteiger partial charge in [-0.1, -0.05) is 6.07 Å². The van der Waals surface area contributed by atoms with Crippen LogP contribution >= 0.6 is 0 Å². The van der Waals surface area contributed by atoms with E-state index in [2.05, 4.69) is 5.32 Å². The molecule has 0 aliphatic rings. The van der Waals surface area contributed by atoms with Crippen molar-refractivity contribution in [2.75, 3.05) is 0 Å². The van der Waals surface area contributed by atoms with E-state index in [-0.39, 0.29) is 5.56 Å². The van der Waals surface area contributed by atoms with E-state index in [1.165, 1.54) is 0 Å². The van der Waals surface area contributed by atoms with Crippen LogP contribution in [0.3, 0.4) is 0 Å². The van der Waals surface area contributed by atoms with Gasteiger partial charge in [-0.05, 0) is 25.1 Å². The number of aromatic amines is 1. The van der Waals surface area contributed by atoms with Crippen molar-refractivity contribution in [2.24, 2.45) is 0 Å². The summed E-state index contributed by atoms with van der Waals surface area (Å²) in [4.78, 5) is 26.8. The second-order valence-corrected chi connectivity index (χ2v) is 6.70. The number of benzene rings is 2. The van der Waals surface area contributed by atoms with Crippen molar-refractivity contribution in [3.63, 3.8) is 0 Å². The third kappa shape index (κ3) is 4.25. The molecule has 2 aromatic carbocycles. The predicted molar refractivity (Wildman–Crippen MR) is 96.1 cm³/mol. The maximum atomic E-state index is 14.2. The van der Waals surface area contributed by atoms with Gasteiger partial charge >= 0.3 is 6.18 Å². The van der Waals surface area contributed by atoms with Gasteiger partial charge in [0, 0.05) is 29.1 Å². The summed E-state index contributed by atoms with van der Waals surface area (Å²) in [6, 6.07) is 3.83. The van der Waals surface area contributed by atoms with Gasteiger partial charge in [-0.2, -0.15) is 13.2 Å². The number of hydrogen-bond donors (Lipinski definition) is 2. The lowest BCUT2D eigenvalue weighted by molar-refractivity contribution is -0.137. The van der Waals surface area contributed by atoms with E-state index in [1.807, 2.05) is 4.98 Å². The van der Waals surface area contributed by atoms with Gasteiger partial charge in [0.05, 0.1) is 17.0 Å². The van der Waals surface area contributed by atoms with Crippen LogP contribution in [0.25, 0.3) is 10.9 Å². The highest BCUT2D eigenvalue weighted by atomic mass is 19.4. The van der Waals surface area contributed by atoms with E-state index in [0.717, 1.165) is 25.1 Å². The Balaban J connectivity index is 2.06. The summed E-state index contributed by atoms with van der Waals surface area (Å²) in [5.41, 5.74) is -4.97. The topological polar surface area (TPSA) is 62.0 Å². The van der Waals surface area contributed by atoms with Crippen LogP contribution in [-0.2, 0) is 17.5 Å². The number of rotatable bonds is 4. The van der Waals surface area contributed by atoms with E-state index in [1.54, 1.807) is 0 Å². The Morgan fingerprint density at radius 2 is 1.74 bits per heavy atom. The molecule has 0 aliphatic heterocycles. The molecular formula is C20H13F7N2O2. The van der Waals surface area contributed by atoms with Crippen LogP contribution in [0.4, 0.5) is 30.7 Å². The predicted octanol–water partition coefficient (Wildman–Crippen LogP) is 4.52. The number of fused-ring (bicyclic) bond motifs is 1. The fourth-order valence-electron chi connectivity index (χ4n) is 3.18. The summed E-state index contributed by atoms with van der Waals surface area (Å²) in [7, 11) is 0. The normalized spacial score (nSPS) is 12.8. The Morgan fingerprint density at radius 3 is 2.35 bits per heavy atom. The van der Waals surface area contributed by atoms with Gasteiger partial charge in [0.15, 0.2) is 11.6 Å². The first-order valence-corrected chi connectivity index (χ1v) is 8.74. The lowest BCUT2D eigenvalue weighted by Crippen LogP contribution is -2.33. The Bertz CT molecular complexity index is 1230. The van der Waals surface area contributed by atoms with Crippen LogP contribution < -0.4 is 10.9 Å². The molecule has 0 unspecified atom stereocenters. The molecule has 1 amide bonds. The molecule has 0 saturated heterocycles. The maximum absolute atomic E-state index is 14.2. The largest absolute Gasteiger partial charge is 0.417 e. The third-order valence-corrected chi connectivity index (χ3v) is 4.68. The molecule has 1 atom stereocenters. The highest BCUT2D eigenvalue weighted by Crippen LogP contribution is 2.39. The van der Waals surface area contributed by atoms with Gasteiger partial charge < -0.3 is 10.3 Å². The fraction of sp³-hybridized carbons (Fsp3) is 0.200. The van der Waals surface area contributed by atoms with E-state index in [9.17, 15) is 40.3 Å². The van der Waals surface area contributed by atoms with E-state index >= 15 is 0 Å². The number of alkyl halides is 3. The van der Waals surface area contributed by atoms with Crippen molar-refractivity contribution in [3.05, 3.63) is 80.6 Å². The summed E-state index contributed by atoms with van der Waals surface area (Å²) < 4.78 is 95.8. The summed E-state index contributed by atoms with van der Waals surface area (Å²) in [6.45, 7) is 0.449. The monoisotopic (exact) mass is 446 g/mol. The number of carbonyl (C=O) groups excluding carboxylic acids is 1. The van der Waals surface area contributed by atoms with Gasteiger partial charge in [0.25, 0.3) is 5.56 Å². The number of aromatic nitrogens is 1. The molecule has 31 heavy (non-hydrogen) atoms. The molecule has 0 radical (unpaired) electrons. The number of hydrogen-bond acceptors (Lipinski definition) is 2. The number of carbonyl (C=O) groups is 1. The second kappa shape index (κ2) is 8.05. The number of halogens is 7. The summed E-state index contributed by atoms with van der Waals surface area (Å²) >= 11 is 0. The molecular weight excluding hydrogens is 433 g/mol. The number of pyridine rings is 1. The van der Waals surface area contributed by atoms with Crippen molar-refractivity contribution in [3.8, 4) is 0 Å². The molecule has 0 fully saturated rings. The number of H-pyrrole nitrogens is 1. The van der Waals surface area contributed by atoms with Crippen LogP contribution in [0.5, 0.6) is 0 Å². The summed E-state index contributed by atoms with van der Waals surface area (Å²) in [5, 5.41) is 0.932. The molecule has 0 aliphatic carbocycles. The minimum Gasteiger partial charge on any atom is -0.351 e. The maximum Gasteiger partial charge on any atom is 0.417 e. The van der Waals surface area contributed by atoms with Crippen molar-refractivity contribution in [2.45, 2.75) is 25.6 Å². The molecule has 3 rings (SSSR count). The third-order valence-electron chi connectivity index (χ3n) is 4.68. The zero-order valence-electron chi connectivity index (χ0n) is 15.6. The van der Waals surface area contributed by atoms with Crippen molar-refractivity contribution >= 4 is 16.8 Å². The van der Waals surface area contributed by atoms with Gasteiger partial charge in [0.2, 0.25) is 5.91 Å². The highest BCUT2D eigenvalue weighted by Gasteiger charge is 2.41. The first-order valence-electron chi connectivity index (χ1n) is 8.74. The van der Waals surface area contributed by atoms with Crippen molar-refractivity contribution in [1.82, 2.24) is 10.3 Å². The zero-order chi connectivity index (χ0) is 23.1. The molecule has 0 bridgehead atoms. The standard InChI is InChI=1S/C20H13F7N2O2/c1-8(18(30)28-7-9-2-3-10(21)6-12(9)23)14-16(20(25,26)27)15-13(29-19(14)31)5-4-11(22)17(15)24/h2-6,8H,7H2,1H3,(H,28,30)(H,29,31)/t8-/m1/s1. The Labute approximate surface area is 169 Å². The molecule has 2 N–H and O–H groups in total. The molecule has 1 heterocycles. The zero-order valence-corrected chi connectivity index (χ0v) is 15.6. The molecule has 3 aromatic rings. The number of amides is 1. The van der Waals surface area contributed by atoms with Crippen molar-refractivity contribution in [1.29, 1.82) is 0 Å². The molecule has 164 valence electrons. The molecule has 0 saturated carbocycles. The highest BCUT2D eigenvalue weighted by molar-refractivity contribution is 5.89. The van der Waals surface area contributed by atoms with Crippen LogP contribution in [-0.4, -0.2) is 10.9 Å². The van der Waals surface area contributed by atoms with Crippen LogP contribution in [0, 0.1) is 23.3 Å². The molecule has 11 heteroatoms. The van der Waals surface area contributed by atoms with Crippen molar-refractivity contribution < 1.29 is 35.5 Å². The Hall–Kier alpha value is -3.37. The first-order chi connectivity index (χ1) is 14.4. The Morgan fingerprint density at radius 1 is 1.06 bits per heavy atom. The molecule has 0 spiro atoms. The lowest BCUT2D eigenvalue weighted by atomic mass is 9.92. The SMILES string of the molecule is C[C@@H](C(=O)NCc1ccc(F)cc1F)c1c(C(F)(F)F)c2c(F)c(F)ccc2[nH]c1=O. The second-order valence-electron chi connectivity index (χ2n) is 6.70. The van der Waals surface area contributed by atoms with Crippen LogP contribution in [0.1, 0.15) is 29.5 Å². The van der Waals surface area contributed by atoms with E-state index in [4.69, 9.17) is 0 Å². The van der Waals surface area contributed by atoms with Gasteiger partial charge in [-0.15, -0.1) is 0 Å². The van der Waals surface area contributed by atoms with E-state index < -0.39 is 75.4 Å². The van der Waals surface area contributed by atoms with Crippen LogP contribution in [0.15, 0.2) is 35.1 Å². The summed E-state index contributed by atoms with van der Waals surface area (Å²) in [6.07, 6.45) is -5.30. The van der Waals surface area contributed by atoms with Gasteiger partial charge in [0.1, 0.15) is 11.6 Å². The average Bonchev–Trinajstić information content (AvgIpc) is 2.68. The van der Waals surface area contributed by atoms with Gasteiger partial charge in [-0.3, -0.25) is 9.59 Å². The summed E-state index contributed by atoms with van der Waals surface area (Å²) in [5.74, 6) is -8.15. The lowest BCUT2D eigenvalue weighted by Gasteiger charge is -2.20. The first kappa shape index (κ1) is 22.3. The van der Waals surface area contributed by atoms with Crippen LogP contribution in [0.2, 0.25) is 0 Å². The van der Waals surface area contributed by atoms with E-state index in [0.29, 0.717) is 12.1 Å².